The Morgan fingerprint density at radius 1 is 1.47 bits per heavy atom. The van der Waals surface area contributed by atoms with Crippen molar-refractivity contribution in [2.75, 3.05) is 13.1 Å². The quantitative estimate of drug-likeness (QED) is 0.418. The average molecular weight is 268 g/mol. The van der Waals surface area contributed by atoms with Crippen molar-refractivity contribution in [3.05, 3.63) is 28.1 Å². The number of rotatable bonds is 7. The topological polar surface area (TPSA) is 122 Å². The van der Waals surface area contributed by atoms with Crippen LogP contribution in [0.2, 0.25) is 0 Å². The molecular weight excluding hydrogens is 252 g/mol. The third-order valence-corrected chi connectivity index (χ3v) is 2.61. The fourth-order valence-electron chi connectivity index (χ4n) is 1.54. The Balaban J connectivity index is 2.75. The maximum atomic E-state index is 11.9. The molecule has 1 heterocycles. The van der Waals surface area contributed by atoms with Gasteiger partial charge >= 0.3 is 0 Å². The van der Waals surface area contributed by atoms with Gasteiger partial charge < -0.3 is 10.7 Å². The van der Waals surface area contributed by atoms with E-state index in [1.54, 1.807) is 4.90 Å². The van der Waals surface area contributed by atoms with Gasteiger partial charge in [0.2, 0.25) is 5.91 Å². The highest BCUT2D eigenvalue weighted by Gasteiger charge is 2.20. The second kappa shape index (κ2) is 6.10. The van der Waals surface area contributed by atoms with Gasteiger partial charge in [0.05, 0.1) is 29.9 Å². The molecule has 0 saturated heterocycles. The van der Waals surface area contributed by atoms with E-state index in [9.17, 15) is 19.7 Å². The number of carbonyl (C=O) groups excluding carboxylic acids is 2. The van der Waals surface area contributed by atoms with Crippen LogP contribution in [0.25, 0.3) is 0 Å². The molecule has 19 heavy (non-hydrogen) atoms. The number of Topliss-reactive ketones (excluding diaryl/α,β-unsaturated/α-hetero) is 1. The molecule has 8 heteroatoms. The first-order valence-corrected chi connectivity index (χ1v) is 5.69. The summed E-state index contributed by atoms with van der Waals surface area (Å²) in [5, 5.41) is 10.5. The number of H-pyrrole nitrogens is 1. The Morgan fingerprint density at radius 2 is 2.11 bits per heavy atom. The van der Waals surface area contributed by atoms with Crippen LogP contribution >= 0.6 is 0 Å². The number of amides is 1. The van der Waals surface area contributed by atoms with E-state index in [1.165, 1.54) is 6.07 Å². The van der Waals surface area contributed by atoms with Gasteiger partial charge in [0.1, 0.15) is 0 Å². The number of carbonyl (C=O) groups is 2. The van der Waals surface area contributed by atoms with E-state index in [4.69, 9.17) is 5.73 Å². The number of primary amides is 1. The fourth-order valence-corrected chi connectivity index (χ4v) is 1.54. The van der Waals surface area contributed by atoms with Crippen molar-refractivity contribution >= 4 is 17.4 Å². The van der Waals surface area contributed by atoms with E-state index < -0.39 is 10.8 Å². The van der Waals surface area contributed by atoms with Gasteiger partial charge in [-0.1, -0.05) is 0 Å². The molecule has 0 spiro atoms. The zero-order chi connectivity index (χ0) is 14.6. The minimum atomic E-state index is -0.586. The molecule has 1 amide bonds. The molecule has 1 rings (SSSR count). The van der Waals surface area contributed by atoms with Crippen molar-refractivity contribution in [2.45, 2.75) is 19.9 Å². The molecule has 8 nitrogen and oxygen atoms in total. The molecule has 3 N–H and O–H groups in total. The van der Waals surface area contributed by atoms with Gasteiger partial charge in [0.25, 0.3) is 5.69 Å². The molecule has 1 aromatic rings. The summed E-state index contributed by atoms with van der Waals surface area (Å²) in [7, 11) is 0. The SMILES string of the molecule is CC(C)N(CC(N)=O)CC(=O)c1cc([N+](=O)[O-])c[nH]1. The van der Waals surface area contributed by atoms with Crippen molar-refractivity contribution in [2.24, 2.45) is 5.73 Å². The minimum absolute atomic E-state index is 0.0295. The molecule has 0 bridgehead atoms. The maximum absolute atomic E-state index is 11.9. The molecular formula is C11H16N4O4. The predicted molar refractivity (Wildman–Crippen MR) is 67.7 cm³/mol. The van der Waals surface area contributed by atoms with Gasteiger partial charge in [-0.15, -0.1) is 0 Å². The zero-order valence-electron chi connectivity index (χ0n) is 10.8. The predicted octanol–water partition coefficient (Wildman–Crippen LogP) is 0.301. The smallest absolute Gasteiger partial charge is 0.287 e. The molecule has 104 valence electrons. The number of hydrogen-bond donors (Lipinski definition) is 2. The summed E-state index contributed by atoms with van der Waals surface area (Å²) in [4.78, 5) is 36.9. The van der Waals surface area contributed by atoms with Crippen molar-refractivity contribution in [1.29, 1.82) is 0 Å². The van der Waals surface area contributed by atoms with Crippen LogP contribution in [0.3, 0.4) is 0 Å². The van der Waals surface area contributed by atoms with Crippen LogP contribution in [0.15, 0.2) is 12.3 Å². The van der Waals surface area contributed by atoms with E-state index in [1.807, 2.05) is 13.8 Å². The standard InChI is InChI=1S/C11H16N4O4/c1-7(2)14(6-11(12)17)5-10(16)9-3-8(4-13-9)15(18)19/h3-4,7,13H,5-6H2,1-2H3,(H2,12,17). The van der Waals surface area contributed by atoms with Crippen LogP contribution in [-0.2, 0) is 4.79 Å². The van der Waals surface area contributed by atoms with Gasteiger partial charge in [-0.05, 0) is 13.8 Å². The third-order valence-electron chi connectivity index (χ3n) is 2.61. The number of nitrogens with zero attached hydrogens (tertiary/aromatic N) is 2. The molecule has 0 atom stereocenters. The van der Waals surface area contributed by atoms with Gasteiger partial charge in [0.15, 0.2) is 5.78 Å². The van der Waals surface area contributed by atoms with Crippen LogP contribution in [0.4, 0.5) is 5.69 Å². The van der Waals surface area contributed by atoms with Crippen LogP contribution in [0.1, 0.15) is 24.3 Å². The highest BCUT2D eigenvalue weighted by Crippen LogP contribution is 2.13. The summed E-state index contributed by atoms with van der Waals surface area (Å²) in [5.41, 5.74) is 5.07. The normalized spacial score (nSPS) is 10.9. The van der Waals surface area contributed by atoms with E-state index >= 15 is 0 Å². The summed E-state index contributed by atoms with van der Waals surface area (Å²) in [6, 6.07) is 1.13. The largest absolute Gasteiger partial charge is 0.369 e. The van der Waals surface area contributed by atoms with E-state index in [0.29, 0.717) is 0 Å². The molecule has 0 aliphatic carbocycles. The number of nitrogens with two attached hydrogens (primary N) is 1. The lowest BCUT2D eigenvalue weighted by Gasteiger charge is -2.23. The summed E-state index contributed by atoms with van der Waals surface area (Å²) in [5.74, 6) is -0.859. The van der Waals surface area contributed by atoms with Gasteiger partial charge in [-0.2, -0.15) is 0 Å². The molecule has 0 aromatic carbocycles. The number of hydrogen-bond acceptors (Lipinski definition) is 5. The van der Waals surface area contributed by atoms with E-state index in [2.05, 4.69) is 4.98 Å². The fraction of sp³-hybridized carbons (Fsp3) is 0.455. The summed E-state index contributed by atoms with van der Waals surface area (Å²) < 4.78 is 0. The number of aromatic amines is 1. The molecule has 1 aromatic heterocycles. The van der Waals surface area contributed by atoms with Crippen molar-refractivity contribution in [3.63, 3.8) is 0 Å². The second-order valence-corrected chi connectivity index (χ2v) is 4.42. The van der Waals surface area contributed by atoms with E-state index in [-0.39, 0.29) is 36.3 Å². The number of ketones is 1. The first kappa shape index (κ1) is 14.8. The van der Waals surface area contributed by atoms with Gasteiger partial charge in [-0.25, -0.2) is 0 Å². The number of nitro groups is 1. The minimum Gasteiger partial charge on any atom is -0.369 e. The van der Waals surface area contributed by atoms with Crippen LogP contribution < -0.4 is 5.73 Å². The average Bonchev–Trinajstić information content (AvgIpc) is 2.76. The first-order valence-electron chi connectivity index (χ1n) is 5.69. The Kier molecular flexibility index (Phi) is 4.76. The van der Waals surface area contributed by atoms with E-state index in [0.717, 1.165) is 6.20 Å². The second-order valence-electron chi connectivity index (χ2n) is 4.42. The van der Waals surface area contributed by atoms with Crippen LogP contribution in [0.5, 0.6) is 0 Å². The van der Waals surface area contributed by atoms with Crippen molar-refractivity contribution in [1.82, 2.24) is 9.88 Å². The highest BCUT2D eigenvalue weighted by atomic mass is 16.6. The lowest BCUT2D eigenvalue weighted by Crippen LogP contribution is -2.41. The Bertz CT molecular complexity index is 495. The summed E-state index contributed by atoms with van der Waals surface area (Å²) >= 11 is 0. The van der Waals surface area contributed by atoms with Gasteiger partial charge in [0, 0.05) is 12.1 Å². The molecule has 0 fully saturated rings. The third kappa shape index (κ3) is 4.18. The molecule has 0 aliphatic heterocycles. The van der Waals surface area contributed by atoms with Crippen LogP contribution in [0, 0.1) is 10.1 Å². The Labute approximate surface area is 109 Å². The van der Waals surface area contributed by atoms with Crippen LogP contribution in [-0.4, -0.2) is 45.6 Å². The van der Waals surface area contributed by atoms with Crippen molar-refractivity contribution < 1.29 is 14.5 Å². The maximum Gasteiger partial charge on any atom is 0.287 e. The van der Waals surface area contributed by atoms with Gasteiger partial charge in [-0.3, -0.25) is 24.6 Å². The van der Waals surface area contributed by atoms with Crippen molar-refractivity contribution in [3.8, 4) is 0 Å². The Morgan fingerprint density at radius 3 is 2.53 bits per heavy atom. The number of nitrogens with one attached hydrogen (secondary N) is 1. The Hall–Kier alpha value is -2.22. The monoisotopic (exact) mass is 268 g/mol. The highest BCUT2D eigenvalue weighted by molar-refractivity contribution is 5.96. The zero-order valence-corrected chi connectivity index (χ0v) is 10.8. The lowest BCUT2D eigenvalue weighted by molar-refractivity contribution is -0.384. The molecule has 0 unspecified atom stereocenters. The molecule has 0 saturated carbocycles. The lowest BCUT2D eigenvalue weighted by atomic mass is 10.2. The number of aromatic nitrogens is 1. The molecule has 0 radical (unpaired) electrons. The summed E-state index contributed by atoms with van der Waals surface area (Å²) in [6.07, 6.45) is 1.15. The molecule has 0 aliphatic rings. The summed E-state index contributed by atoms with van der Waals surface area (Å²) in [6.45, 7) is 3.59. The first-order chi connectivity index (χ1) is 8.81.